The molecule has 1 aliphatic heterocycles. The fraction of sp³-hybridized carbons (Fsp3) is 0.111. The van der Waals surface area contributed by atoms with Crippen LogP contribution in [0.4, 0.5) is 5.69 Å². The number of non-ortho nitro benzene ring substituents is 1. The predicted molar refractivity (Wildman–Crippen MR) is 128 cm³/mol. The van der Waals surface area contributed by atoms with E-state index in [-0.39, 0.29) is 17.8 Å². The Morgan fingerprint density at radius 2 is 1.59 bits per heavy atom. The highest BCUT2D eigenvalue weighted by atomic mass is 16.6. The Morgan fingerprint density at radius 1 is 0.971 bits per heavy atom. The van der Waals surface area contributed by atoms with Crippen LogP contribution in [0, 0.1) is 10.1 Å². The van der Waals surface area contributed by atoms with E-state index in [0.29, 0.717) is 12.0 Å². The molecule has 0 bridgehead atoms. The summed E-state index contributed by atoms with van der Waals surface area (Å²) in [7, 11) is 0. The maximum Gasteiger partial charge on any atom is 0.290 e. The van der Waals surface area contributed by atoms with E-state index in [1.807, 2.05) is 60.7 Å². The third kappa shape index (κ3) is 4.78. The van der Waals surface area contributed by atoms with Crippen LogP contribution in [0.25, 0.3) is 6.08 Å². The minimum absolute atomic E-state index is 0.0425. The monoisotopic (exact) mass is 454 g/mol. The number of benzene rings is 3. The Balaban J connectivity index is 1.68. The van der Waals surface area contributed by atoms with Crippen LogP contribution in [0.2, 0.25) is 0 Å². The summed E-state index contributed by atoms with van der Waals surface area (Å²) < 4.78 is 0. The maximum atomic E-state index is 13.2. The topological polar surface area (TPSA) is 101 Å². The van der Waals surface area contributed by atoms with Crippen LogP contribution >= 0.6 is 0 Å². The highest BCUT2D eigenvalue weighted by Gasteiger charge is 2.42. The Morgan fingerprint density at radius 3 is 2.21 bits per heavy atom. The molecule has 0 saturated heterocycles. The fourth-order valence-corrected chi connectivity index (χ4v) is 3.98. The number of carbonyl (C=O) groups excluding carboxylic acids is 2. The van der Waals surface area contributed by atoms with Crippen LogP contribution in [-0.2, 0) is 16.0 Å². The molecule has 1 heterocycles. The molecule has 4 rings (SSSR count). The van der Waals surface area contributed by atoms with Crippen molar-refractivity contribution in [3.05, 3.63) is 129 Å². The number of rotatable bonds is 8. The summed E-state index contributed by atoms with van der Waals surface area (Å²) in [5.74, 6) is -1.74. The van der Waals surface area contributed by atoms with Gasteiger partial charge in [0.2, 0.25) is 0 Å². The molecule has 3 aromatic rings. The molecule has 34 heavy (non-hydrogen) atoms. The van der Waals surface area contributed by atoms with E-state index in [0.717, 1.165) is 11.1 Å². The lowest BCUT2D eigenvalue weighted by atomic mass is 9.95. The normalized spacial score (nSPS) is 15.8. The van der Waals surface area contributed by atoms with Crippen molar-refractivity contribution in [2.75, 3.05) is 6.54 Å². The maximum absolute atomic E-state index is 13.2. The van der Waals surface area contributed by atoms with Gasteiger partial charge in [0.05, 0.1) is 16.5 Å². The molecule has 0 saturated carbocycles. The minimum Gasteiger partial charge on any atom is -0.503 e. The second kappa shape index (κ2) is 9.95. The quantitative estimate of drug-likeness (QED) is 0.299. The van der Waals surface area contributed by atoms with Crippen LogP contribution in [0.5, 0.6) is 0 Å². The standard InChI is InChI=1S/C27H22N2O5/c30-23(16-11-19-7-3-1-4-8-19)24-25(21-12-14-22(15-13-21)29(33)34)28(27(32)26(24)31)18-17-20-9-5-2-6-10-20/h1-16,25,31H,17-18H2/b16-11+. The highest BCUT2D eigenvalue weighted by Crippen LogP contribution is 2.38. The number of aliphatic hydroxyl groups excluding tert-OH is 1. The Labute approximate surface area is 196 Å². The van der Waals surface area contributed by atoms with E-state index in [4.69, 9.17) is 0 Å². The number of ketones is 1. The molecule has 1 atom stereocenters. The number of nitro benzene ring substituents is 1. The molecule has 1 amide bonds. The fourth-order valence-electron chi connectivity index (χ4n) is 3.98. The lowest BCUT2D eigenvalue weighted by Crippen LogP contribution is -2.33. The lowest BCUT2D eigenvalue weighted by Gasteiger charge is -2.26. The third-order valence-electron chi connectivity index (χ3n) is 5.70. The van der Waals surface area contributed by atoms with E-state index < -0.39 is 28.4 Å². The van der Waals surface area contributed by atoms with Gasteiger partial charge < -0.3 is 10.0 Å². The molecule has 1 N–H and O–H groups in total. The summed E-state index contributed by atoms with van der Waals surface area (Å²) in [6.07, 6.45) is 3.46. The number of nitrogens with zero attached hydrogens (tertiary/aromatic N) is 2. The zero-order valence-corrected chi connectivity index (χ0v) is 18.2. The van der Waals surface area contributed by atoms with Crippen molar-refractivity contribution in [2.45, 2.75) is 12.5 Å². The second-order valence-electron chi connectivity index (χ2n) is 7.86. The van der Waals surface area contributed by atoms with Gasteiger partial charge in [-0.2, -0.15) is 0 Å². The van der Waals surface area contributed by atoms with Gasteiger partial charge in [0.1, 0.15) is 0 Å². The van der Waals surface area contributed by atoms with Gasteiger partial charge in [0, 0.05) is 18.7 Å². The lowest BCUT2D eigenvalue weighted by molar-refractivity contribution is -0.384. The van der Waals surface area contributed by atoms with Crippen molar-refractivity contribution in [3.8, 4) is 0 Å². The number of hydrogen-bond donors (Lipinski definition) is 1. The van der Waals surface area contributed by atoms with Gasteiger partial charge in [-0.3, -0.25) is 19.7 Å². The summed E-state index contributed by atoms with van der Waals surface area (Å²) >= 11 is 0. The predicted octanol–water partition coefficient (Wildman–Crippen LogP) is 4.82. The van der Waals surface area contributed by atoms with Gasteiger partial charge in [0.25, 0.3) is 11.6 Å². The van der Waals surface area contributed by atoms with Crippen LogP contribution < -0.4 is 0 Å². The van der Waals surface area contributed by atoms with Crippen molar-refractivity contribution in [1.82, 2.24) is 4.90 Å². The van der Waals surface area contributed by atoms with Crippen LogP contribution in [0.15, 0.2) is 102 Å². The zero-order valence-electron chi connectivity index (χ0n) is 18.2. The average Bonchev–Trinajstić information content (AvgIpc) is 3.12. The first kappa shape index (κ1) is 22.7. The Hall–Kier alpha value is -4.52. The van der Waals surface area contributed by atoms with E-state index >= 15 is 0 Å². The molecule has 7 nitrogen and oxygen atoms in total. The van der Waals surface area contributed by atoms with E-state index in [2.05, 4.69) is 0 Å². The number of allylic oxidation sites excluding steroid dienone is 1. The molecule has 170 valence electrons. The van der Waals surface area contributed by atoms with Crippen LogP contribution in [-0.4, -0.2) is 33.2 Å². The molecule has 0 fully saturated rings. The number of hydrogen-bond acceptors (Lipinski definition) is 5. The number of carbonyl (C=O) groups is 2. The van der Waals surface area contributed by atoms with Gasteiger partial charge in [0.15, 0.2) is 11.5 Å². The first-order valence-corrected chi connectivity index (χ1v) is 10.8. The Kier molecular flexibility index (Phi) is 6.64. The summed E-state index contributed by atoms with van der Waals surface area (Å²) in [6, 6.07) is 23.6. The van der Waals surface area contributed by atoms with Crippen molar-refractivity contribution < 1.29 is 19.6 Å². The molecule has 0 spiro atoms. The van der Waals surface area contributed by atoms with Crippen molar-refractivity contribution in [3.63, 3.8) is 0 Å². The van der Waals surface area contributed by atoms with Gasteiger partial charge in [-0.1, -0.05) is 66.7 Å². The highest BCUT2D eigenvalue weighted by molar-refractivity contribution is 6.14. The first-order valence-electron chi connectivity index (χ1n) is 10.8. The molecule has 1 unspecified atom stereocenters. The molecular weight excluding hydrogens is 432 g/mol. The first-order chi connectivity index (χ1) is 16.5. The minimum atomic E-state index is -0.857. The molecule has 7 heteroatoms. The molecule has 0 radical (unpaired) electrons. The van der Waals surface area contributed by atoms with Gasteiger partial charge in [-0.25, -0.2) is 0 Å². The average molecular weight is 454 g/mol. The number of amides is 1. The largest absolute Gasteiger partial charge is 0.503 e. The summed E-state index contributed by atoms with van der Waals surface area (Å²) in [6.45, 7) is 0.258. The van der Waals surface area contributed by atoms with Crippen molar-refractivity contribution in [2.24, 2.45) is 0 Å². The molecule has 0 aliphatic carbocycles. The summed E-state index contributed by atoms with van der Waals surface area (Å²) in [4.78, 5) is 38.2. The van der Waals surface area contributed by atoms with E-state index in [1.54, 1.807) is 6.08 Å². The number of nitro groups is 1. The summed E-state index contributed by atoms with van der Waals surface area (Å²) in [5, 5.41) is 21.8. The smallest absolute Gasteiger partial charge is 0.290 e. The van der Waals surface area contributed by atoms with E-state index in [1.165, 1.54) is 35.2 Å². The Bertz CT molecular complexity index is 1270. The molecular formula is C27H22N2O5. The third-order valence-corrected chi connectivity index (χ3v) is 5.70. The number of aliphatic hydroxyl groups is 1. The van der Waals surface area contributed by atoms with Gasteiger partial charge in [-0.15, -0.1) is 0 Å². The molecule has 3 aromatic carbocycles. The molecule has 0 aromatic heterocycles. The van der Waals surface area contributed by atoms with Crippen LogP contribution in [0.3, 0.4) is 0 Å². The SMILES string of the molecule is O=C(/C=C/c1ccccc1)C1=C(O)C(=O)N(CCc2ccccc2)C1c1ccc([N+](=O)[O-])cc1. The van der Waals surface area contributed by atoms with Crippen molar-refractivity contribution in [1.29, 1.82) is 0 Å². The second-order valence-corrected chi connectivity index (χ2v) is 7.86. The van der Waals surface area contributed by atoms with Gasteiger partial charge >= 0.3 is 0 Å². The summed E-state index contributed by atoms with van der Waals surface area (Å²) in [5.41, 5.74) is 2.16. The van der Waals surface area contributed by atoms with Crippen LogP contribution in [0.1, 0.15) is 22.7 Å². The van der Waals surface area contributed by atoms with Crippen molar-refractivity contribution >= 4 is 23.5 Å². The zero-order chi connectivity index (χ0) is 24.1. The van der Waals surface area contributed by atoms with E-state index in [9.17, 15) is 24.8 Å². The molecule has 1 aliphatic rings. The van der Waals surface area contributed by atoms with Gasteiger partial charge in [-0.05, 0) is 41.3 Å².